The third-order valence-electron chi connectivity index (χ3n) is 4.84. The molecular weight excluding hydrogens is 358 g/mol. The van der Waals surface area contributed by atoms with Crippen LogP contribution in [0.15, 0.2) is 47.2 Å². The Bertz CT molecular complexity index is 716. The number of nitrogens with one attached hydrogen (secondary N) is 2. The van der Waals surface area contributed by atoms with Crippen molar-refractivity contribution in [2.45, 2.75) is 32.4 Å². The average molecular weight is 388 g/mol. The maximum Gasteiger partial charge on any atom is 0.251 e. The van der Waals surface area contributed by atoms with E-state index in [1.54, 1.807) is 23.5 Å². The number of thiophene rings is 1. The minimum Gasteiger partial charge on any atom is -0.352 e. The molecule has 2 aromatic rings. The molecule has 0 radical (unpaired) electrons. The minimum atomic E-state index is -0.562. The maximum atomic E-state index is 12.9. The number of nitrogens with zero attached hydrogens (tertiary/aromatic N) is 1. The van der Waals surface area contributed by atoms with Gasteiger partial charge in [-0.1, -0.05) is 38.5 Å². The summed E-state index contributed by atoms with van der Waals surface area (Å²) in [5.74, 6) is -0.328. The van der Waals surface area contributed by atoms with Gasteiger partial charge in [-0.15, -0.1) is 0 Å². The summed E-state index contributed by atoms with van der Waals surface area (Å²) in [7, 11) is 4.00. The quantitative estimate of drug-likeness (QED) is 0.694. The van der Waals surface area contributed by atoms with E-state index in [9.17, 15) is 9.59 Å². The Morgan fingerprint density at radius 2 is 1.85 bits per heavy atom. The van der Waals surface area contributed by atoms with Gasteiger partial charge in [0.05, 0.1) is 6.04 Å². The van der Waals surface area contributed by atoms with Gasteiger partial charge in [0.2, 0.25) is 5.91 Å². The molecule has 6 heteroatoms. The number of likely N-dealkylation sites (N-methyl/N-ethyl adjacent to an activating group) is 1. The molecule has 0 saturated heterocycles. The normalized spacial score (nSPS) is 14.4. The molecule has 0 bridgehead atoms. The Hall–Kier alpha value is -2.18. The number of amides is 2. The fraction of sp³-hybridized carbons (Fsp3) is 0.429. The molecule has 1 heterocycles. The molecule has 0 saturated carbocycles. The molecule has 1 aromatic heterocycles. The van der Waals surface area contributed by atoms with E-state index in [1.807, 2.05) is 51.5 Å². The number of hydrogen-bond acceptors (Lipinski definition) is 4. The lowest BCUT2D eigenvalue weighted by Crippen LogP contribution is -2.51. The molecule has 27 heavy (non-hydrogen) atoms. The van der Waals surface area contributed by atoms with E-state index < -0.39 is 6.04 Å². The second kappa shape index (κ2) is 10.2. The molecule has 3 atom stereocenters. The van der Waals surface area contributed by atoms with Crippen molar-refractivity contribution in [2.75, 3.05) is 20.6 Å². The topological polar surface area (TPSA) is 61.4 Å². The van der Waals surface area contributed by atoms with E-state index in [1.165, 1.54) is 5.56 Å². The van der Waals surface area contributed by atoms with E-state index in [0.717, 1.165) is 6.42 Å². The van der Waals surface area contributed by atoms with E-state index in [2.05, 4.69) is 27.0 Å². The highest BCUT2D eigenvalue weighted by atomic mass is 32.1. The Balaban J connectivity index is 2.05. The van der Waals surface area contributed by atoms with Crippen LogP contribution in [0, 0.1) is 5.92 Å². The summed E-state index contributed by atoms with van der Waals surface area (Å²) >= 11 is 1.64. The molecule has 1 aromatic carbocycles. The van der Waals surface area contributed by atoms with Crippen molar-refractivity contribution in [3.63, 3.8) is 0 Å². The number of carbonyl (C=O) groups excluding carboxylic acids is 2. The van der Waals surface area contributed by atoms with Gasteiger partial charge < -0.3 is 15.5 Å². The molecule has 0 fully saturated rings. The van der Waals surface area contributed by atoms with Crippen molar-refractivity contribution in [3.05, 3.63) is 58.3 Å². The Morgan fingerprint density at radius 1 is 1.15 bits per heavy atom. The van der Waals surface area contributed by atoms with Gasteiger partial charge in [0, 0.05) is 12.1 Å². The second-order valence-corrected chi connectivity index (χ2v) is 7.76. The Labute approximate surface area is 165 Å². The van der Waals surface area contributed by atoms with Crippen LogP contribution in [-0.4, -0.2) is 43.4 Å². The molecule has 0 aliphatic carbocycles. The fourth-order valence-corrected chi connectivity index (χ4v) is 3.59. The summed E-state index contributed by atoms with van der Waals surface area (Å²) in [5.41, 5.74) is 1.74. The zero-order chi connectivity index (χ0) is 19.8. The average Bonchev–Trinajstić information content (AvgIpc) is 3.20. The molecule has 2 rings (SSSR count). The number of hydrogen-bond donors (Lipinski definition) is 2. The third-order valence-corrected chi connectivity index (χ3v) is 5.54. The van der Waals surface area contributed by atoms with Crippen LogP contribution >= 0.6 is 11.3 Å². The second-order valence-electron chi connectivity index (χ2n) is 6.98. The largest absolute Gasteiger partial charge is 0.352 e. The molecule has 0 aliphatic rings. The standard InChI is InChI=1S/C21H29N3O2S/c1-5-15(2)19(23-20(25)16-9-7-6-8-10-16)21(26)22-13-18(24(3)4)17-11-12-27-14-17/h6-12,14-15,18-19H,5,13H2,1-4H3,(H,22,26)(H,23,25). The highest BCUT2D eigenvalue weighted by molar-refractivity contribution is 7.07. The zero-order valence-corrected chi connectivity index (χ0v) is 17.3. The van der Waals surface area contributed by atoms with Crippen LogP contribution < -0.4 is 10.6 Å². The van der Waals surface area contributed by atoms with Crippen LogP contribution in [-0.2, 0) is 4.79 Å². The van der Waals surface area contributed by atoms with Crippen LogP contribution in [0.5, 0.6) is 0 Å². The predicted molar refractivity (Wildman–Crippen MR) is 111 cm³/mol. The lowest BCUT2D eigenvalue weighted by atomic mass is 9.97. The summed E-state index contributed by atoms with van der Waals surface area (Å²) in [6, 6.07) is 10.6. The molecule has 5 nitrogen and oxygen atoms in total. The van der Waals surface area contributed by atoms with Crippen LogP contribution in [0.25, 0.3) is 0 Å². The number of benzene rings is 1. The van der Waals surface area contributed by atoms with E-state index in [0.29, 0.717) is 12.1 Å². The molecule has 2 amide bonds. The first-order valence-corrected chi connectivity index (χ1v) is 10.2. The van der Waals surface area contributed by atoms with Crippen LogP contribution in [0.1, 0.15) is 42.2 Å². The Kier molecular flexibility index (Phi) is 8.00. The van der Waals surface area contributed by atoms with Crippen LogP contribution in [0.3, 0.4) is 0 Å². The van der Waals surface area contributed by atoms with E-state index in [4.69, 9.17) is 0 Å². The van der Waals surface area contributed by atoms with Crippen LogP contribution in [0.4, 0.5) is 0 Å². The first kappa shape index (κ1) is 21.1. The molecular formula is C21H29N3O2S. The molecule has 146 valence electrons. The molecule has 2 N–H and O–H groups in total. The van der Waals surface area contributed by atoms with Gasteiger partial charge in [-0.25, -0.2) is 0 Å². The van der Waals surface area contributed by atoms with Crippen molar-refractivity contribution in [1.82, 2.24) is 15.5 Å². The van der Waals surface area contributed by atoms with Gasteiger partial charge in [-0.05, 0) is 54.5 Å². The fourth-order valence-electron chi connectivity index (χ4n) is 2.89. The Morgan fingerprint density at radius 3 is 2.41 bits per heavy atom. The first-order valence-electron chi connectivity index (χ1n) is 9.26. The number of carbonyl (C=O) groups is 2. The maximum absolute atomic E-state index is 12.9. The highest BCUT2D eigenvalue weighted by Crippen LogP contribution is 2.20. The minimum absolute atomic E-state index is 0.0385. The monoisotopic (exact) mass is 387 g/mol. The van der Waals surface area contributed by atoms with E-state index in [-0.39, 0.29) is 23.8 Å². The summed E-state index contributed by atoms with van der Waals surface area (Å²) in [6.45, 7) is 4.50. The summed E-state index contributed by atoms with van der Waals surface area (Å²) in [4.78, 5) is 27.5. The van der Waals surface area contributed by atoms with Gasteiger partial charge >= 0.3 is 0 Å². The molecule has 0 spiro atoms. The van der Waals surface area contributed by atoms with Crippen molar-refractivity contribution in [2.24, 2.45) is 5.92 Å². The highest BCUT2D eigenvalue weighted by Gasteiger charge is 2.27. The third kappa shape index (κ3) is 5.91. The van der Waals surface area contributed by atoms with Crippen LogP contribution in [0.2, 0.25) is 0 Å². The molecule has 0 aliphatic heterocycles. The molecule has 3 unspecified atom stereocenters. The first-order chi connectivity index (χ1) is 12.9. The van der Waals surface area contributed by atoms with Gasteiger partial charge in [0.15, 0.2) is 0 Å². The SMILES string of the molecule is CCC(C)C(NC(=O)c1ccccc1)C(=O)NCC(c1ccsc1)N(C)C. The lowest BCUT2D eigenvalue weighted by Gasteiger charge is -2.27. The van der Waals surface area contributed by atoms with Gasteiger partial charge in [-0.2, -0.15) is 11.3 Å². The smallest absolute Gasteiger partial charge is 0.251 e. The number of rotatable bonds is 9. The van der Waals surface area contributed by atoms with Gasteiger partial charge in [-0.3, -0.25) is 9.59 Å². The van der Waals surface area contributed by atoms with Crippen molar-refractivity contribution in [1.29, 1.82) is 0 Å². The summed E-state index contributed by atoms with van der Waals surface area (Å²) in [6.07, 6.45) is 0.800. The lowest BCUT2D eigenvalue weighted by molar-refractivity contribution is -0.124. The summed E-state index contributed by atoms with van der Waals surface area (Å²) in [5, 5.41) is 10.1. The zero-order valence-electron chi connectivity index (χ0n) is 16.4. The van der Waals surface area contributed by atoms with E-state index >= 15 is 0 Å². The van der Waals surface area contributed by atoms with Crippen molar-refractivity contribution in [3.8, 4) is 0 Å². The van der Waals surface area contributed by atoms with Crippen molar-refractivity contribution >= 4 is 23.2 Å². The van der Waals surface area contributed by atoms with Gasteiger partial charge in [0.1, 0.15) is 6.04 Å². The van der Waals surface area contributed by atoms with Crippen molar-refractivity contribution < 1.29 is 9.59 Å². The predicted octanol–water partition coefficient (Wildman–Crippen LogP) is 3.31. The summed E-state index contributed by atoms with van der Waals surface area (Å²) < 4.78 is 0. The van der Waals surface area contributed by atoms with Gasteiger partial charge in [0.25, 0.3) is 5.91 Å².